The Bertz CT molecular complexity index is 884. The second-order valence-corrected chi connectivity index (χ2v) is 8.60. The lowest BCUT2D eigenvalue weighted by molar-refractivity contribution is -0.138. The van der Waals surface area contributed by atoms with E-state index in [1.54, 1.807) is 0 Å². The average molecular weight is 411 g/mol. The zero-order chi connectivity index (χ0) is 20.2. The summed E-state index contributed by atoms with van der Waals surface area (Å²) in [4.78, 5) is 27.3. The molecule has 2 aliphatic rings. The first-order valence-electron chi connectivity index (χ1n) is 10.6. The van der Waals surface area contributed by atoms with Crippen molar-refractivity contribution in [2.24, 2.45) is 11.8 Å². The van der Waals surface area contributed by atoms with E-state index in [2.05, 4.69) is 5.32 Å². The topological polar surface area (TPSA) is 49.4 Å². The molecule has 1 saturated carbocycles. The zero-order valence-electron chi connectivity index (χ0n) is 16.6. The molecule has 0 radical (unpaired) electrons. The summed E-state index contributed by atoms with van der Waals surface area (Å²) < 4.78 is 0. The smallest absolute Gasteiger partial charge is 0.227 e. The van der Waals surface area contributed by atoms with Gasteiger partial charge < -0.3 is 10.2 Å². The number of hydrogen-bond acceptors (Lipinski definition) is 2. The van der Waals surface area contributed by atoms with Crippen LogP contribution < -0.4 is 5.32 Å². The summed E-state index contributed by atoms with van der Waals surface area (Å²) in [5.41, 5.74) is 2.83. The fraction of sp³-hybridized carbons (Fsp3) is 0.417. The summed E-state index contributed by atoms with van der Waals surface area (Å²) in [5.74, 6) is 0.517. The van der Waals surface area contributed by atoms with Crippen molar-refractivity contribution in [2.75, 3.05) is 18.4 Å². The van der Waals surface area contributed by atoms with Gasteiger partial charge in [0.2, 0.25) is 11.8 Å². The Kier molecular flexibility index (Phi) is 6.19. The molecule has 29 heavy (non-hydrogen) atoms. The molecule has 0 aromatic heterocycles. The van der Waals surface area contributed by atoms with Crippen LogP contribution in [0.25, 0.3) is 11.1 Å². The standard InChI is InChI=1S/C24H27ClN2O2/c25-21-9-3-7-19(15-21)20-8-4-10-22(16-20)26-23(28)17-11-13-27(14-12-17)24(29)18-5-1-2-6-18/h3-4,7-10,15-18H,1-2,5-6,11-14H2,(H,26,28). The third kappa shape index (κ3) is 4.81. The van der Waals surface area contributed by atoms with Gasteiger partial charge in [-0.05, 0) is 61.1 Å². The normalized spacial score (nSPS) is 18.0. The summed E-state index contributed by atoms with van der Waals surface area (Å²) in [6.45, 7) is 1.38. The lowest BCUT2D eigenvalue weighted by atomic mass is 9.94. The highest BCUT2D eigenvalue weighted by atomic mass is 35.5. The summed E-state index contributed by atoms with van der Waals surface area (Å²) in [6, 6.07) is 15.5. The van der Waals surface area contributed by atoms with Crippen LogP contribution in [-0.4, -0.2) is 29.8 Å². The molecule has 1 aliphatic heterocycles. The van der Waals surface area contributed by atoms with Gasteiger partial charge >= 0.3 is 0 Å². The first kappa shape index (κ1) is 20.0. The van der Waals surface area contributed by atoms with E-state index in [4.69, 9.17) is 11.6 Å². The van der Waals surface area contributed by atoms with Crippen LogP contribution >= 0.6 is 11.6 Å². The number of likely N-dealkylation sites (tertiary alicyclic amines) is 1. The van der Waals surface area contributed by atoms with Crippen molar-refractivity contribution in [3.8, 4) is 11.1 Å². The molecule has 2 amide bonds. The molecule has 0 spiro atoms. The molecule has 1 heterocycles. The van der Waals surface area contributed by atoms with Crippen molar-refractivity contribution < 1.29 is 9.59 Å². The molecule has 2 aromatic rings. The van der Waals surface area contributed by atoms with Crippen molar-refractivity contribution in [3.63, 3.8) is 0 Å². The van der Waals surface area contributed by atoms with Crippen LogP contribution in [-0.2, 0) is 9.59 Å². The largest absolute Gasteiger partial charge is 0.342 e. The number of carbonyl (C=O) groups is 2. The predicted octanol–water partition coefficient (Wildman–Crippen LogP) is 5.37. The molecular formula is C24H27ClN2O2. The Hall–Kier alpha value is -2.33. The minimum Gasteiger partial charge on any atom is -0.342 e. The highest BCUT2D eigenvalue weighted by molar-refractivity contribution is 6.30. The molecule has 152 valence electrons. The third-order valence-corrected chi connectivity index (χ3v) is 6.40. The Morgan fingerprint density at radius 2 is 1.52 bits per heavy atom. The van der Waals surface area contributed by atoms with Gasteiger partial charge in [0.1, 0.15) is 0 Å². The average Bonchev–Trinajstić information content (AvgIpc) is 3.28. The van der Waals surface area contributed by atoms with Gasteiger partial charge in [0.15, 0.2) is 0 Å². The van der Waals surface area contributed by atoms with Crippen molar-refractivity contribution >= 4 is 29.1 Å². The van der Waals surface area contributed by atoms with E-state index in [0.717, 1.165) is 42.5 Å². The van der Waals surface area contributed by atoms with Crippen molar-refractivity contribution in [1.82, 2.24) is 4.90 Å². The number of halogens is 1. The monoisotopic (exact) mass is 410 g/mol. The van der Waals surface area contributed by atoms with Gasteiger partial charge in [-0.2, -0.15) is 0 Å². The number of piperidine rings is 1. The second kappa shape index (κ2) is 9.00. The van der Waals surface area contributed by atoms with Crippen molar-refractivity contribution in [3.05, 3.63) is 53.6 Å². The Morgan fingerprint density at radius 3 is 2.21 bits per heavy atom. The highest BCUT2D eigenvalue weighted by Gasteiger charge is 2.32. The molecular weight excluding hydrogens is 384 g/mol. The Labute approximate surface area is 177 Å². The first-order chi connectivity index (χ1) is 14.1. The number of carbonyl (C=O) groups excluding carboxylic acids is 2. The number of amides is 2. The number of rotatable bonds is 4. The summed E-state index contributed by atoms with van der Waals surface area (Å²) in [6.07, 6.45) is 5.87. The molecule has 2 aromatic carbocycles. The fourth-order valence-corrected chi connectivity index (χ4v) is 4.67. The van der Waals surface area contributed by atoms with E-state index in [1.165, 1.54) is 12.8 Å². The fourth-order valence-electron chi connectivity index (χ4n) is 4.48. The quantitative estimate of drug-likeness (QED) is 0.736. The summed E-state index contributed by atoms with van der Waals surface area (Å²) >= 11 is 6.10. The number of hydrogen-bond donors (Lipinski definition) is 1. The van der Waals surface area contributed by atoms with Gasteiger partial charge in [-0.3, -0.25) is 9.59 Å². The highest BCUT2D eigenvalue weighted by Crippen LogP contribution is 2.29. The molecule has 4 nitrogen and oxygen atoms in total. The SMILES string of the molecule is O=C(Nc1cccc(-c2cccc(Cl)c2)c1)C1CCN(C(=O)C2CCCC2)CC1. The maximum Gasteiger partial charge on any atom is 0.227 e. The van der Waals surface area contributed by atoms with Crippen LogP contribution in [0.4, 0.5) is 5.69 Å². The van der Waals surface area contributed by atoms with Crippen molar-refractivity contribution in [1.29, 1.82) is 0 Å². The van der Waals surface area contributed by atoms with E-state index in [-0.39, 0.29) is 17.7 Å². The molecule has 1 aliphatic carbocycles. The third-order valence-electron chi connectivity index (χ3n) is 6.17. The molecule has 1 N–H and O–H groups in total. The molecule has 2 fully saturated rings. The molecule has 0 unspecified atom stereocenters. The minimum absolute atomic E-state index is 0.0428. The molecule has 4 rings (SSSR count). The van der Waals surface area contributed by atoms with E-state index in [0.29, 0.717) is 24.0 Å². The lowest BCUT2D eigenvalue weighted by Crippen LogP contribution is -2.43. The van der Waals surface area contributed by atoms with E-state index < -0.39 is 0 Å². The van der Waals surface area contributed by atoms with Crippen LogP contribution in [0.2, 0.25) is 5.02 Å². The van der Waals surface area contributed by atoms with Gasteiger partial charge in [0.05, 0.1) is 0 Å². The minimum atomic E-state index is -0.0440. The number of anilines is 1. The van der Waals surface area contributed by atoms with Crippen LogP contribution in [0.3, 0.4) is 0 Å². The van der Waals surface area contributed by atoms with E-state index in [1.807, 2.05) is 53.4 Å². The molecule has 5 heteroatoms. The van der Waals surface area contributed by atoms with E-state index >= 15 is 0 Å². The van der Waals surface area contributed by atoms with Crippen LogP contribution in [0.5, 0.6) is 0 Å². The predicted molar refractivity (Wildman–Crippen MR) is 117 cm³/mol. The number of nitrogens with one attached hydrogen (secondary N) is 1. The molecule has 0 atom stereocenters. The van der Waals surface area contributed by atoms with Gasteiger partial charge in [0, 0.05) is 35.6 Å². The zero-order valence-corrected chi connectivity index (χ0v) is 17.3. The summed E-state index contributed by atoms with van der Waals surface area (Å²) in [7, 11) is 0. The number of benzene rings is 2. The van der Waals surface area contributed by atoms with Crippen LogP contribution in [0, 0.1) is 11.8 Å². The van der Waals surface area contributed by atoms with Gasteiger partial charge in [-0.15, -0.1) is 0 Å². The molecule has 0 bridgehead atoms. The Balaban J connectivity index is 1.34. The summed E-state index contributed by atoms with van der Waals surface area (Å²) in [5, 5.41) is 3.75. The van der Waals surface area contributed by atoms with E-state index in [9.17, 15) is 9.59 Å². The maximum absolute atomic E-state index is 12.8. The lowest BCUT2D eigenvalue weighted by Gasteiger charge is -2.33. The second-order valence-electron chi connectivity index (χ2n) is 8.16. The maximum atomic E-state index is 12.8. The van der Waals surface area contributed by atoms with Gasteiger partial charge in [-0.1, -0.05) is 48.7 Å². The van der Waals surface area contributed by atoms with Crippen LogP contribution in [0.1, 0.15) is 38.5 Å². The molecule has 1 saturated heterocycles. The Morgan fingerprint density at radius 1 is 0.862 bits per heavy atom. The van der Waals surface area contributed by atoms with Crippen LogP contribution in [0.15, 0.2) is 48.5 Å². The first-order valence-corrected chi connectivity index (χ1v) is 10.9. The van der Waals surface area contributed by atoms with Gasteiger partial charge in [0.25, 0.3) is 0 Å². The number of nitrogens with zero attached hydrogens (tertiary/aromatic N) is 1. The van der Waals surface area contributed by atoms with Gasteiger partial charge in [-0.25, -0.2) is 0 Å². The van der Waals surface area contributed by atoms with Crippen molar-refractivity contribution in [2.45, 2.75) is 38.5 Å².